The summed E-state index contributed by atoms with van der Waals surface area (Å²) in [5, 5.41) is 9.20. The highest BCUT2D eigenvalue weighted by atomic mass is 79.9. The molecule has 0 bridgehead atoms. The number of anilines is 1. The Bertz CT molecular complexity index is 657. The summed E-state index contributed by atoms with van der Waals surface area (Å²) in [7, 11) is 0. The van der Waals surface area contributed by atoms with Crippen molar-refractivity contribution in [3.05, 3.63) is 45.8 Å². The summed E-state index contributed by atoms with van der Waals surface area (Å²) in [6.07, 6.45) is 1.39. The molecule has 0 amide bonds. The molecule has 96 valence electrons. The topological polar surface area (TPSA) is 75.6 Å². The van der Waals surface area contributed by atoms with Gasteiger partial charge in [-0.1, -0.05) is 17.8 Å². The lowest BCUT2D eigenvalue weighted by atomic mass is 10.2. The number of nitrogen functional groups attached to an aromatic ring is 1. The fourth-order valence-electron chi connectivity index (χ4n) is 1.31. The first kappa shape index (κ1) is 13.8. The molecule has 0 radical (unpaired) electrons. The van der Waals surface area contributed by atoms with E-state index in [1.807, 2.05) is 6.07 Å². The van der Waals surface area contributed by atoms with Gasteiger partial charge >= 0.3 is 0 Å². The molecule has 1 aromatic heterocycles. The smallest absolute Gasteiger partial charge is 0.189 e. The van der Waals surface area contributed by atoms with Crippen molar-refractivity contribution < 1.29 is 4.39 Å². The summed E-state index contributed by atoms with van der Waals surface area (Å²) in [6, 6.07) is 6.70. The lowest BCUT2D eigenvalue weighted by molar-refractivity contribution is 0.620. The largest absolute Gasteiger partial charge is 0.382 e. The number of hydrogen-bond acceptors (Lipinski definition) is 5. The second-order valence-electron chi connectivity index (χ2n) is 3.60. The first-order valence-electron chi connectivity index (χ1n) is 5.19. The minimum atomic E-state index is -0.299. The van der Waals surface area contributed by atoms with E-state index < -0.39 is 0 Å². The monoisotopic (exact) mass is 338 g/mol. The number of rotatable bonds is 3. The second kappa shape index (κ2) is 5.99. The van der Waals surface area contributed by atoms with E-state index in [9.17, 15) is 4.39 Å². The SMILES string of the molecule is N#Cc1cnc(SCc2ccc(F)c(Br)c2)nc1N. The van der Waals surface area contributed by atoms with Gasteiger partial charge in [0.25, 0.3) is 0 Å². The van der Waals surface area contributed by atoms with Crippen LogP contribution in [-0.4, -0.2) is 9.97 Å². The maximum atomic E-state index is 13.1. The highest BCUT2D eigenvalue weighted by Gasteiger charge is 2.06. The van der Waals surface area contributed by atoms with Crippen molar-refractivity contribution >= 4 is 33.5 Å². The highest BCUT2D eigenvalue weighted by molar-refractivity contribution is 9.10. The highest BCUT2D eigenvalue weighted by Crippen LogP contribution is 2.24. The van der Waals surface area contributed by atoms with Crippen molar-refractivity contribution in [2.45, 2.75) is 10.9 Å². The Balaban J connectivity index is 2.08. The average molecular weight is 339 g/mol. The molecule has 1 aromatic carbocycles. The van der Waals surface area contributed by atoms with Crippen LogP contribution in [0.5, 0.6) is 0 Å². The van der Waals surface area contributed by atoms with E-state index in [0.29, 0.717) is 15.4 Å². The minimum absolute atomic E-state index is 0.167. The van der Waals surface area contributed by atoms with Crippen LogP contribution in [0.25, 0.3) is 0 Å². The van der Waals surface area contributed by atoms with Crippen molar-refractivity contribution in [1.29, 1.82) is 5.26 Å². The molecule has 2 aromatic rings. The van der Waals surface area contributed by atoms with E-state index in [1.165, 1.54) is 24.0 Å². The zero-order valence-corrected chi connectivity index (χ0v) is 12.0. The number of thioether (sulfide) groups is 1. The van der Waals surface area contributed by atoms with Crippen LogP contribution in [0.4, 0.5) is 10.2 Å². The zero-order valence-electron chi connectivity index (χ0n) is 9.60. The van der Waals surface area contributed by atoms with Gasteiger partial charge < -0.3 is 5.73 Å². The summed E-state index contributed by atoms with van der Waals surface area (Å²) < 4.78 is 13.5. The molecule has 7 heteroatoms. The predicted octanol–water partition coefficient (Wildman–Crippen LogP) is 3.12. The van der Waals surface area contributed by atoms with Gasteiger partial charge in [0.05, 0.1) is 10.7 Å². The summed E-state index contributed by atoms with van der Waals surface area (Å²) in [5.74, 6) is 0.456. The minimum Gasteiger partial charge on any atom is -0.382 e. The normalized spacial score (nSPS) is 10.2. The third-order valence-electron chi connectivity index (χ3n) is 2.27. The number of nitriles is 1. The summed E-state index contributed by atoms with van der Waals surface area (Å²) >= 11 is 4.50. The first-order valence-corrected chi connectivity index (χ1v) is 6.97. The molecule has 0 aliphatic rings. The van der Waals surface area contributed by atoms with E-state index in [4.69, 9.17) is 11.0 Å². The first-order chi connectivity index (χ1) is 9.10. The summed E-state index contributed by atoms with van der Waals surface area (Å²) in [4.78, 5) is 8.05. The van der Waals surface area contributed by atoms with Crippen molar-refractivity contribution in [2.75, 3.05) is 5.73 Å². The average Bonchev–Trinajstić information content (AvgIpc) is 2.40. The van der Waals surface area contributed by atoms with E-state index in [0.717, 1.165) is 5.56 Å². The Morgan fingerprint density at radius 1 is 1.47 bits per heavy atom. The fourth-order valence-corrected chi connectivity index (χ4v) is 2.50. The standard InChI is InChI=1S/C12H8BrFN4S/c13-9-3-7(1-2-10(9)14)6-19-12-17-5-8(4-15)11(16)18-12/h1-3,5H,6H2,(H2,16,17,18). The molecular formula is C12H8BrFN4S. The predicted molar refractivity (Wildman–Crippen MR) is 74.8 cm³/mol. The van der Waals surface area contributed by atoms with Gasteiger partial charge in [-0.3, -0.25) is 0 Å². The molecule has 2 rings (SSSR count). The van der Waals surface area contributed by atoms with E-state index in [2.05, 4.69) is 25.9 Å². The second-order valence-corrected chi connectivity index (χ2v) is 5.40. The van der Waals surface area contributed by atoms with Crippen molar-refractivity contribution in [2.24, 2.45) is 0 Å². The third-order valence-corrected chi connectivity index (χ3v) is 3.81. The lowest BCUT2D eigenvalue weighted by Crippen LogP contribution is -1.98. The van der Waals surface area contributed by atoms with Crippen LogP contribution < -0.4 is 5.73 Å². The van der Waals surface area contributed by atoms with Gasteiger partial charge in [0.1, 0.15) is 23.3 Å². The Morgan fingerprint density at radius 3 is 2.89 bits per heavy atom. The van der Waals surface area contributed by atoms with Gasteiger partial charge in [0.2, 0.25) is 0 Å². The molecule has 4 nitrogen and oxygen atoms in total. The molecule has 2 N–H and O–H groups in total. The molecule has 0 spiro atoms. The molecule has 0 saturated heterocycles. The van der Waals surface area contributed by atoms with Crippen LogP contribution >= 0.6 is 27.7 Å². The van der Waals surface area contributed by atoms with Gasteiger partial charge in [-0.05, 0) is 33.6 Å². The maximum absolute atomic E-state index is 13.1. The van der Waals surface area contributed by atoms with Gasteiger partial charge in [-0.15, -0.1) is 0 Å². The van der Waals surface area contributed by atoms with Crippen molar-refractivity contribution in [3.8, 4) is 6.07 Å². The Hall–Kier alpha value is -1.65. The molecule has 0 aliphatic heterocycles. The number of aromatic nitrogens is 2. The molecule has 0 saturated carbocycles. The maximum Gasteiger partial charge on any atom is 0.189 e. The molecule has 1 heterocycles. The van der Waals surface area contributed by atoms with Crippen LogP contribution in [0.3, 0.4) is 0 Å². The molecular weight excluding hydrogens is 331 g/mol. The molecule has 0 atom stereocenters. The van der Waals surface area contributed by atoms with E-state index in [1.54, 1.807) is 12.1 Å². The van der Waals surface area contributed by atoms with Gasteiger partial charge in [-0.25, -0.2) is 14.4 Å². The Morgan fingerprint density at radius 2 is 2.26 bits per heavy atom. The van der Waals surface area contributed by atoms with Crippen LogP contribution in [0.15, 0.2) is 34.0 Å². The van der Waals surface area contributed by atoms with Gasteiger partial charge in [0, 0.05) is 5.75 Å². The Kier molecular flexibility index (Phi) is 4.35. The molecule has 19 heavy (non-hydrogen) atoms. The van der Waals surface area contributed by atoms with Crippen LogP contribution in [0.1, 0.15) is 11.1 Å². The number of hydrogen-bond donors (Lipinski definition) is 1. The van der Waals surface area contributed by atoms with Crippen LogP contribution in [0.2, 0.25) is 0 Å². The van der Waals surface area contributed by atoms with E-state index >= 15 is 0 Å². The third kappa shape index (κ3) is 3.43. The Labute approximate surface area is 122 Å². The van der Waals surface area contributed by atoms with Crippen molar-refractivity contribution in [1.82, 2.24) is 9.97 Å². The summed E-state index contributed by atoms with van der Waals surface area (Å²) in [6.45, 7) is 0. The zero-order chi connectivity index (χ0) is 13.8. The van der Waals surface area contributed by atoms with Crippen LogP contribution in [0, 0.1) is 17.1 Å². The fraction of sp³-hybridized carbons (Fsp3) is 0.0833. The number of nitrogens with two attached hydrogens (primary N) is 1. The lowest BCUT2D eigenvalue weighted by Gasteiger charge is -2.03. The molecule has 0 unspecified atom stereocenters. The van der Waals surface area contributed by atoms with Crippen LogP contribution in [-0.2, 0) is 5.75 Å². The number of halogens is 2. The van der Waals surface area contributed by atoms with Crippen molar-refractivity contribution in [3.63, 3.8) is 0 Å². The van der Waals surface area contributed by atoms with E-state index in [-0.39, 0.29) is 17.2 Å². The number of nitrogens with zero attached hydrogens (tertiary/aromatic N) is 3. The molecule has 0 fully saturated rings. The van der Waals surface area contributed by atoms with Gasteiger partial charge in [-0.2, -0.15) is 5.26 Å². The quantitative estimate of drug-likeness (QED) is 0.687. The van der Waals surface area contributed by atoms with Gasteiger partial charge in [0.15, 0.2) is 5.16 Å². The molecule has 0 aliphatic carbocycles. The number of benzene rings is 1. The summed E-state index contributed by atoms with van der Waals surface area (Å²) in [5.41, 5.74) is 6.79.